The molecule has 1 N–H and O–H groups in total. The van der Waals surface area contributed by atoms with E-state index in [2.05, 4.69) is 4.90 Å². The molecule has 1 fully saturated rings. The molecule has 1 aromatic carbocycles. The average Bonchev–Trinajstić information content (AvgIpc) is 2.28. The maximum absolute atomic E-state index is 13.0. The van der Waals surface area contributed by atoms with Gasteiger partial charge in [-0.25, -0.2) is 8.78 Å². The van der Waals surface area contributed by atoms with Crippen LogP contribution in [-0.2, 0) is 11.2 Å². The number of hydrogen-bond acceptors (Lipinski definition) is 2. The Labute approximate surface area is 110 Å². The van der Waals surface area contributed by atoms with Gasteiger partial charge in [0.05, 0.1) is 5.92 Å². The molecule has 0 unspecified atom stereocenters. The van der Waals surface area contributed by atoms with Crippen LogP contribution in [-0.4, -0.2) is 35.6 Å². The molecule has 1 saturated carbocycles. The van der Waals surface area contributed by atoms with Crippen molar-refractivity contribution >= 4 is 5.97 Å². The fourth-order valence-corrected chi connectivity index (χ4v) is 2.33. The molecule has 5 heteroatoms. The summed E-state index contributed by atoms with van der Waals surface area (Å²) in [6.07, 6.45) is 1.97. The Hall–Kier alpha value is -1.49. The van der Waals surface area contributed by atoms with Gasteiger partial charge in [0, 0.05) is 12.6 Å². The lowest BCUT2D eigenvalue weighted by atomic mass is 9.79. The van der Waals surface area contributed by atoms with Gasteiger partial charge in [0.1, 0.15) is 0 Å². The lowest BCUT2D eigenvalue weighted by Gasteiger charge is -2.39. The molecule has 0 spiro atoms. The highest BCUT2D eigenvalue weighted by Gasteiger charge is 2.36. The standard InChI is InChI=1S/C14H17F2NO2/c1-17(11-7-10(8-11)14(18)19)5-4-9-2-3-12(15)13(16)6-9/h2-3,6,10-11H,4-5,7-8H2,1H3,(H,18,19). The summed E-state index contributed by atoms with van der Waals surface area (Å²) in [6.45, 7) is 0.710. The summed E-state index contributed by atoms with van der Waals surface area (Å²) in [5, 5.41) is 8.80. The van der Waals surface area contributed by atoms with Gasteiger partial charge in [0.15, 0.2) is 11.6 Å². The van der Waals surface area contributed by atoms with Crippen molar-refractivity contribution in [2.75, 3.05) is 13.6 Å². The normalized spacial score (nSPS) is 22.3. The average molecular weight is 269 g/mol. The van der Waals surface area contributed by atoms with Crippen molar-refractivity contribution in [2.45, 2.75) is 25.3 Å². The topological polar surface area (TPSA) is 40.5 Å². The van der Waals surface area contributed by atoms with Gasteiger partial charge in [-0.2, -0.15) is 0 Å². The molecule has 0 heterocycles. The maximum atomic E-state index is 13.0. The van der Waals surface area contributed by atoms with Gasteiger partial charge in [0.25, 0.3) is 0 Å². The van der Waals surface area contributed by atoms with E-state index in [0.29, 0.717) is 25.8 Å². The van der Waals surface area contributed by atoms with Gasteiger partial charge in [0.2, 0.25) is 0 Å². The summed E-state index contributed by atoms with van der Waals surface area (Å²) in [4.78, 5) is 12.8. The quantitative estimate of drug-likeness (QED) is 0.891. The molecule has 3 nitrogen and oxygen atoms in total. The van der Waals surface area contributed by atoms with Crippen LogP contribution < -0.4 is 0 Å². The van der Waals surface area contributed by atoms with Crippen LogP contribution >= 0.6 is 0 Å². The summed E-state index contributed by atoms with van der Waals surface area (Å²) in [6, 6.07) is 4.21. The summed E-state index contributed by atoms with van der Waals surface area (Å²) < 4.78 is 25.8. The molecule has 19 heavy (non-hydrogen) atoms. The molecule has 0 amide bonds. The highest BCUT2D eigenvalue weighted by atomic mass is 19.2. The molecule has 2 rings (SSSR count). The first-order valence-electron chi connectivity index (χ1n) is 6.34. The predicted molar refractivity (Wildman–Crippen MR) is 66.8 cm³/mol. The Kier molecular flexibility index (Phi) is 4.14. The summed E-state index contributed by atoms with van der Waals surface area (Å²) in [7, 11) is 1.93. The zero-order chi connectivity index (χ0) is 14.0. The van der Waals surface area contributed by atoms with Crippen molar-refractivity contribution in [1.82, 2.24) is 4.90 Å². The molecule has 0 radical (unpaired) electrons. The van der Waals surface area contributed by atoms with Gasteiger partial charge in [-0.05, 0) is 44.0 Å². The number of carbonyl (C=O) groups is 1. The molecular weight excluding hydrogens is 252 g/mol. The van der Waals surface area contributed by atoms with Gasteiger partial charge in [-0.15, -0.1) is 0 Å². The molecular formula is C14H17F2NO2. The van der Waals surface area contributed by atoms with Crippen LogP contribution in [0.15, 0.2) is 18.2 Å². The van der Waals surface area contributed by atoms with E-state index in [9.17, 15) is 13.6 Å². The van der Waals surface area contributed by atoms with Crippen LogP contribution in [0.4, 0.5) is 8.78 Å². The van der Waals surface area contributed by atoms with Crippen LogP contribution in [0.1, 0.15) is 18.4 Å². The first kappa shape index (κ1) is 13.9. The lowest BCUT2D eigenvalue weighted by Crippen LogP contribution is -2.45. The lowest BCUT2D eigenvalue weighted by molar-refractivity contribution is -0.146. The van der Waals surface area contributed by atoms with Gasteiger partial charge >= 0.3 is 5.97 Å². The molecule has 1 aliphatic rings. The second kappa shape index (κ2) is 5.65. The van der Waals surface area contributed by atoms with Crippen molar-refractivity contribution in [3.8, 4) is 0 Å². The van der Waals surface area contributed by atoms with Crippen molar-refractivity contribution in [3.63, 3.8) is 0 Å². The van der Waals surface area contributed by atoms with Gasteiger partial charge in [-0.3, -0.25) is 4.79 Å². The number of aliphatic carboxylic acids is 1. The molecule has 0 aliphatic heterocycles. The molecule has 0 saturated heterocycles. The van der Waals surface area contributed by atoms with Crippen LogP contribution in [0.2, 0.25) is 0 Å². The van der Waals surface area contributed by atoms with E-state index in [4.69, 9.17) is 5.11 Å². The van der Waals surface area contributed by atoms with Crippen LogP contribution in [0, 0.1) is 17.6 Å². The SMILES string of the molecule is CN(CCc1ccc(F)c(F)c1)C1CC(C(=O)O)C1. The predicted octanol–water partition coefficient (Wildman–Crippen LogP) is 2.30. The molecule has 1 aliphatic carbocycles. The van der Waals surface area contributed by atoms with Crippen molar-refractivity contribution < 1.29 is 18.7 Å². The van der Waals surface area contributed by atoms with E-state index in [0.717, 1.165) is 11.6 Å². The van der Waals surface area contributed by atoms with Crippen LogP contribution in [0.25, 0.3) is 0 Å². The van der Waals surface area contributed by atoms with Crippen LogP contribution in [0.3, 0.4) is 0 Å². The Morgan fingerprint density at radius 3 is 2.63 bits per heavy atom. The summed E-state index contributed by atoms with van der Waals surface area (Å²) in [5.41, 5.74) is 0.750. The highest BCUT2D eigenvalue weighted by Crippen LogP contribution is 2.31. The van der Waals surface area contributed by atoms with E-state index >= 15 is 0 Å². The number of nitrogens with zero attached hydrogens (tertiary/aromatic N) is 1. The Morgan fingerprint density at radius 1 is 1.37 bits per heavy atom. The minimum absolute atomic E-state index is 0.226. The minimum Gasteiger partial charge on any atom is -0.481 e. The maximum Gasteiger partial charge on any atom is 0.306 e. The third-order valence-electron chi connectivity index (χ3n) is 3.82. The van der Waals surface area contributed by atoms with Gasteiger partial charge in [-0.1, -0.05) is 6.07 Å². The Balaban J connectivity index is 1.79. The number of halogens is 2. The van der Waals surface area contributed by atoms with E-state index < -0.39 is 17.6 Å². The third kappa shape index (κ3) is 3.29. The molecule has 0 aromatic heterocycles. The number of carboxylic acids is 1. The van der Waals surface area contributed by atoms with Crippen molar-refractivity contribution in [1.29, 1.82) is 0 Å². The Bertz CT molecular complexity index is 473. The van der Waals surface area contributed by atoms with Crippen molar-refractivity contribution in [2.24, 2.45) is 5.92 Å². The van der Waals surface area contributed by atoms with E-state index in [1.807, 2.05) is 7.05 Å². The van der Waals surface area contributed by atoms with Gasteiger partial charge < -0.3 is 10.0 Å². The second-order valence-electron chi connectivity index (χ2n) is 5.14. The van der Waals surface area contributed by atoms with E-state index in [1.54, 1.807) is 6.07 Å². The molecule has 0 atom stereocenters. The zero-order valence-electron chi connectivity index (χ0n) is 10.8. The smallest absolute Gasteiger partial charge is 0.306 e. The first-order chi connectivity index (χ1) is 8.97. The van der Waals surface area contributed by atoms with Crippen LogP contribution in [0.5, 0.6) is 0 Å². The number of hydrogen-bond donors (Lipinski definition) is 1. The fraction of sp³-hybridized carbons (Fsp3) is 0.500. The van der Waals surface area contributed by atoms with E-state index in [-0.39, 0.29) is 12.0 Å². The minimum atomic E-state index is -0.833. The monoisotopic (exact) mass is 269 g/mol. The first-order valence-corrected chi connectivity index (χ1v) is 6.34. The number of likely N-dealkylation sites (N-methyl/N-ethyl adjacent to an activating group) is 1. The largest absolute Gasteiger partial charge is 0.481 e. The zero-order valence-corrected chi connectivity index (χ0v) is 10.8. The molecule has 1 aromatic rings. The summed E-state index contributed by atoms with van der Waals surface area (Å²) in [5.74, 6) is -2.61. The van der Waals surface area contributed by atoms with Crippen molar-refractivity contribution in [3.05, 3.63) is 35.4 Å². The molecule has 0 bridgehead atoms. The number of rotatable bonds is 5. The third-order valence-corrected chi connectivity index (χ3v) is 3.82. The number of carboxylic acid groups (broad SMARTS) is 1. The number of benzene rings is 1. The molecule has 104 valence electrons. The fourth-order valence-electron chi connectivity index (χ4n) is 2.33. The highest BCUT2D eigenvalue weighted by molar-refractivity contribution is 5.71. The second-order valence-corrected chi connectivity index (χ2v) is 5.14. The summed E-state index contributed by atoms with van der Waals surface area (Å²) >= 11 is 0. The Morgan fingerprint density at radius 2 is 2.05 bits per heavy atom. The van der Waals surface area contributed by atoms with E-state index in [1.165, 1.54) is 6.07 Å².